The summed E-state index contributed by atoms with van der Waals surface area (Å²) >= 11 is 0. The van der Waals surface area contributed by atoms with Gasteiger partial charge in [-0.25, -0.2) is 4.99 Å². The van der Waals surface area contributed by atoms with Crippen LogP contribution >= 0.6 is 24.0 Å². The number of guanidine groups is 1. The number of amides is 1. The lowest BCUT2D eigenvalue weighted by Crippen LogP contribution is -2.45. The molecule has 0 radical (unpaired) electrons. The van der Waals surface area contributed by atoms with Crippen LogP contribution in [0.25, 0.3) is 0 Å². The molecule has 6 nitrogen and oxygen atoms in total. The Labute approximate surface area is 173 Å². The van der Waals surface area contributed by atoms with Crippen LogP contribution in [0.5, 0.6) is 0 Å². The van der Waals surface area contributed by atoms with Gasteiger partial charge in [0.1, 0.15) is 6.54 Å². The zero-order valence-electron chi connectivity index (χ0n) is 15.6. The Bertz CT molecular complexity index is 587. The Hall–Kier alpha value is -1.35. The molecular weight excluding hydrogens is 443 g/mol. The second-order valence-electron chi connectivity index (χ2n) is 6.45. The van der Waals surface area contributed by atoms with E-state index in [4.69, 9.17) is 0 Å². The highest BCUT2D eigenvalue weighted by Crippen LogP contribution is 2.18. The van der Waals surface area contributed by atoms with Crippen molar-refractivity contribution in [3.05, 3.63) is 29.8 Å². The van der Waals surface area contributed by atoms with E-state index >= 15 is 0 Å². The van der Waals surface area contributed by atoms with E-state index in [1.807, 2.05) is 31.2 Å². The third-order valence-electron chi connectivity index (χ3n) is 4.38. The quantitative estimate of drug-likeness (QED) is 0.290. The van der Waals surface area contributed by atoms with E-state index in [-0.39, 0.29) is 42.5 Å². The molecule has 1 aliphatic rings. The lowest BCUT2D eigenvalue weighted by atomic mass is 9.93. The summed E-state index contributed by atoms with van der Waals surface area (Å²) in [7, 11) is 0. The molecule has 0 atom stereocenters. The normalized spacial score (nSPS) is 20.0. The molecule has 26 heavy (non-hydrogen) atoms. The monoisotopic (exact) mass is 474 g/mol. The van der Waals surface area contributed by atoms with Crippen molar-refractivity contribution in [2.45, 2.75) is 58.1 Å². The number of nitrogens with zero attached hydrogens (tertiary/aromatic N) is 1. The highest BCUT2D eigenvalue weighted by atomic mass is 127. The summed E-state index contributed by atoms with van der Waals surface area (Å²) < 4.78 is 0. The predicted octanol–water partition coefficient (Wildman–Crippen LogP) is 2.66. The molecule has 1 amide bonds. The maximum atomic E-state index is 12.1. The first-order valence-electron chi connectivity index (χ1n) is 9.22. The van der Waals surface area contributed by atoms with E-state index in [0.29, 0.717) is 12.0 Å². The number of aliphatic hydroxyl groups excluding tert-OH is 1. The average Bonchev–Trinajstić information content (AvgIpc) is 2.62. The van der Waals surface area contributed by atoms with Crippen molar-refractivity contribution in [2.75, 3.05) is 18.4 Å². The summed E-state index contributed by atoms with van der Waals surface area (Å²) in [4.78, 5) is 16.5. The van der Waals surface area contributed by atoms with Gasteiger partial charge < -0.3 is 21.1 Å². The largest absolute Gasteiger partial charge is 0.393 e. The number of aryl methyl sites for hydroxylation is 1. The minimum atomic E-state index is -0.178. The lowest BCUT2D eigenvalue weighted by molar-refractivity contribution is -0.114. The number of anilines is 1. The van der Waals surface area contributed by atoms with Gasteiger partial charge in [-0.3, -0.25) is 4.79 Å². The summed E-state index contributed by atoms with van der Waals surface area (Å²) in [5.41, 5.74) is 1.99. The number of rotatable bonds is 6. The molecule has 7 heteroatoms. The van der Waals surface area contributed by atoms with E-state index in [1.165, 1.54) is 5.56 Å². The molecule has 0 aromatic heterocycles. The fourth-order valence-electron chi connectivity index (χ4n) is 2.95. The third-order valence-corrected chi connectivity index (χ3v) is 4.38. The molecule has 1 aliphatic carbocycles. The Kier molecular flexibility index (Phi) is 10.6. The number of halogens is 1. The molecule has 4 N–H and O–H groups in total. The van der Waals surface area contributed by atoms with E-state index in [0.717, 1.165) is 44.3 Å². The van der Waals surface area contributed by atoms with Crippen LogP contribution in [0.1, 0.15) is 45.1 Å². The topological polar surface area (TPSA) is 85.8 Å². The number of hydrogen-bond acceptors (Lipinski definition) is 3. The Morgan fingerprint density at radius 2 is 1.96 bits per heavy atom. The van der Waals surface area contributed by atoms with Crippen LogP contribution in [0.2, 0.25) is 0 Å². The van der Waals surface area contributed by atoms with Gasteiger partial charge in [0.2, 0.25) is 5.91 Å². The third kappa shape index (κ3) is 7.90. The molecule has 0 bridgehead atoms. The molecule has 1 aromatic rings. The van der Waals surface area contributed by atoms with Gasteiger partial charge in [-0.1, -0.05) is 19.1 Å². The molecule has 1 fully saturated rings. The van der Waals surface area contributed by atoms with Crippen molar-refractivity contribution in [3.8, 4) is 0 Å². The van der Waals surface area contributed by atoms with E-state index in [1.54, 1.807) is 0 Å². The second-order valence-corrected chi connectivity index (χ2v) is 6.45. The van der Waals surface area contributed by atoms with E-state index in [9.17, 15) is 9.90 Å². The zero-order chi connectivity index (χ0) is 18.1. The molecule has 1 aromatic carbocycles. The standard InChI is InChI=1S/C19H30N4O2.HI/c1-3-14-6-5-7-16(12-14)22-18(25)13-21-19(20-4-2)23-15-8-10-17(24)11-9-15;/h5-7,12,15,17,24H,3-4,8-11,13H2,1-2H3,(H,22,25)(H2,20,21,23);1H. The lowest BCUT2D eigenvalue weighted by Gasteiger charge is -2.27. The van der Waals surface area contributed by atoms with Crippen molar-refractivity contribution in [1.82, 2.24) is 10.6 Å². The first-order chi connectivity index (χ1) is 12.1. The minimum absolute atomic E-state index is 0. The number of aliphatic imine (C=N–C) groups is 1. The number of carbonyl (C=O) groups excluding carboxylic acids is 1. The van der Waals surface area contributed by atoms with Crippen LogP contribution in [0.15, 0.2) is 29.3 Å². The van der Waals surface area contributed by atoms with Crippen LogP contribution in [0.4, 0.5) is 5.69 Å². The summed E-state index contributed by atoms with van der Waals surface area (Å²) in [5, 5.41) is 19.0. The van der Waals surface area contributed by atoms with Crippen molar-refractivity contribution in [3.63, 3.8) is 0 Å². The molecule has 146 valence electrons. The van der Waals surface area contributed by atoms with Gasteiger partial charge in [-0.2, -0.15) is 0 Å². The summed E-state index contributed by atoms with van der Waals surface area (Å²) in [6.45, 7) is 4.89. The Balaban J connectivity index is 0.00000338. The van der Waals surface area contributed by atoms with Crippen LogP contribution in [-0.2, 0) is 11.2 Å². The number of aliphatic hydroxyl groups is 1. The number of carbonyl (C=O) groups is 1. The predicted molar refractivity (Wildman–Crippen MR) is 117 cm³/mol. The Morgan fingerprint density at radius 3 is 2.62 bits per heavy atom. The van der Waals surface area contributed by atoms with E-state index in [2.05, 4.69) is 27.9 Å². The minimum Gasteiger partial charge on any atom is -0.393 e. The maximum Gasteiger partial charge on any atom is 0.246 e. The van der Waals surface area contributed by atoms with Gasteiger partial charge in [0.05, 0.1) is 6.10 Å². The molecular formula is C19H31IN4O2. The Morgan fingerprint density at radius 1 is 1.23 bits per heavy atom. The van der Waals surface area contributed by atoms with Gasteiger partial charge in [0, 0.05) is 18.3 Å². The van der Waals surface area contributed by atoms with Gasteiger partial charge in [-0.15, -0.1) is 24.0 Å². The smallest absolute Gasteiger partial charge is 0.246 e. The zero-order valence-corrected chi connectivity index (χ0v) is 18.0. The van der Waals surface area contributed by atoms with Crippen LogP contribution < -0.4 is 16.0 Å². The highest BCUT2D eigenvalue weighted by Gasteiger charge is 2.20. The fraction of sp³-hybridized carbons (Fsp3) is 0.579. The van der Waals surface area contributed by atoms with Crippen molar-refractivity contribution < 1.29 is 9.90 Å². The number of benzene rings is 1. The summed E-state index contributed by atoms with van der Waals surface area (Å²) in [6, 6.07) is 8.16. The first-order valence-corrected chi connectivity index (χ1v) is 9.22. The number of hydrogen-bond donors (Lipinski definition) is 4. The van der Waals surface area contributed by atoms with Gasteiger partial charge in [0.25, 0.3) is 0 Å². The van der Waals surface area contributed by atoms with Crippen LogP contribution in [0.3, 0.4) is 0 Å². The molecule has 0 spiro atoms. The molecule has 0 aliphatic heterocycles. The van der Waals surface area contributed by atoms with Gasteiger partial charge >= 0.3 is 0 Å². The summed E-state index contributed by atoms with van der Waals surface area (Å²) in [6.07, 6.45) is 4.22. The van der Waals surface area contributed by atoms with Crippen molar-refractivity contribution in [1.29, 1.82) is 0 Å². The molecule has 0 saturated heterocycles. The second kappa shape index (κ2) is 12.1. The van der Waals surface area contributed by atoms with E-state index < -0.39 is 0 Å². The summed E-state index contributed by atoms with van der Waals surface area (Å²) in [5.74, 6) is 0.519. The van der Waals surface area contributed by atoms with Crippen molar-refractivity contribution in [2.24, 2.45) is 4.99 Å². The number of nitrogens with one attached hydrogen (secondary N) is 3. The van der Waals surface area contributed by atoms with Crippen molar-refractivity contribution >= 4 is 41.5 Å². The molecule has 1 saturated carbocycles. The van der Waals surface area contributed by atoms with Gasteiger partial charge in [-0.05, 0) is 56.7 Å². The first kappa shape index (κ1) is 22.7. The van der Waals surface area contributed by atoms with Gasteiger partial charge in [0.15, 0.2) is 5.96 Å². The molecule has 2 rings (SSSR count). The maximum absolute atomic E-state index is 12.1. The fourth-order valence-corrected chi connectivity index (χ4v) is 2.95. The van der Waals surface area contributed by atoms with Crippen LogP contribution in [0, 0.1) is 0 Å². The molecule has 0 unspecified atom stereocenters. The molecule has 0 heterocycles. The highest BCUT2D eigenvalue weighted by molar-refractivity contribution is 14.0. The SMILES string of the molecule is CCNC(=NCC(=O)Nc1cccc(CC)c1)NC1CCC(O)CC1.I. The van der Waals surface area contributed by atoms with Crippen LogP contribution in [-0.4, -0.2) is 42.2 Å². The average molecular weight is 474 g/mol.